The van der Waals surface area contributed by atoms with Gasteiger partial charge in [0.1, 0.15) is 0 Å². The number of hydrogen-bond donors (Lipinski definition) is 2. The van der Waals surface area contributed by atoms with Crippen LogP contribution in [0.3, 0.4) is 0 Å². The summed E-state index contributed by atoms with van der Waals surface area (Å²) in [6, 6.07) is 7.93. The van der Waals surface area contributed by atoms with E-state index in [2.05, 4.69) is 11.9 Å². The maximum Gasteiger partial charge on any atom is 0.286 e. The molecule has 5 heteroatoms. The number of nitrogens with one attached hydrogen (secondary N) is 1. The fraction of sp³-hybridized carbons (Fsp3) is 0.385. The SMILES string of the molecule is CCCc1ccc(C2=NCC(C(=O)NO)O2)cc1. The number of rotatable bonds is 4. The van der Waals surface area contributed by atoms with Gasteiger partial charge in [-0.2, -0.15) is 0 Å². The number of ether oxygens (including phenoxy) is 1. The summed E-state index contributed by atoms with van der Waals surface area (Å²) in [6.07, 6.45) is 1.42. The number of carbonyl (C=O) groups is 1. The lowest BCUT2D eigenvalue weighted by molar-refractivity contribution is -0.135. The van der Waals surface area contributed by atoms with Crippen LogP contribution in [0.2, 0.25) is 0 Å². The van der Waals surface area contributed by atoms with Gasteiger partial charge in [-0.1, -0.05) is 25.5 Å². The number of nitrogens with zero attached hydrogens (tertiary/aromatic N) is 1. The Kier molecular flexibility index (Phi) is 3.94. The van der Waals surface area contributed by atoms with Gasteiger partial charge < -0.3 is 4.74 Å². The zero-order valence-electron chi connectivity index (χ0n) is 10.2. The van der Waals surface area contributed by atoms with Crippen LogP contribution in [0.4, 0.5) is 0 Å². The first-order valence-electron chi connectivity index (χ1n) is 5.99. The lowest BCUT2D eigenvalue weighted by Crippen LogP contribution is -2.34. The van der Waals surface area contributed by atoms with Gasteiger partial charge in [0.2, 0.25) is 5.90 Å². The molecule has 0 radical (unpaired) electrons. The van der Waals surface area contributed by atoms with Crippen molar-refractivity contribution in [3.05, 3.63) is 35.4 Å². The molecule has 0 aromatic heterocycles. The molecule has 1 amide bonds. The van der Waals surface area contributed by atoms with Gasteiger partial charge in [0.05, 0.1) is 6.54 Å². The van der Waals surface area contributed by atoms with Crippen molar-refractivity contribution in [3.63, 3.8) is 0 Å². The van der Waals surface area contributed by atoms with Crippen molar-refractivity contribution in [3.8, 4) is 0 Å². The highest BCUT2D eigenvalue weighted by Gasteiger charge is 2.27. The van der Waals surface area contributed by atoms with Crippen LogP contribution in [0.1, 0.15) is 24.5 Å². The molecule has 96 valence electrons. The molecular weight excluding hydrogens is 232 g/mol. The fourth-order valence-corrected chi connectivity index (χ4v) is 1.85. The Labute approximate surface area is 105 Å². The molecule has 0 fully saturated rings. The van der Waals surface area contributed by atoms with Gasteiger partial charge >= 0.3 is 0 Å². The fourth-order valence-electron chi connectivity index (χ4n) is 1.85. The van der Waals surface area contributed by atoms with E-state index in [-0.39, 0.29) is 6.54 Å². The molecular formula is C13H16N2O3. The monoisotopic (exact) mass is 248 g/mol. The molecule has 0 bridgehead atoms. The Morgan fingerprint density at radius 2 is 2.22 bits per heavy atom. The zero-order valence-corrected chi connectivity index (χ0v) is 10.2. The highest BCUT2D eigenvalue weighted by atomic mass is 16.5. The predicted octanol–water partition coefficient (Wildman–Crippen LogP) is 1.29. The molecule has 18 heavy (non-hydrogen) atoms. The van der Waals surface area contributed by atoms with Gasteiger partial charge in [-0.25, -0.2) is 10.5 Å². The van der Waals surface area contributed by atoms with Crippen LogP contribution in [-0.4, -0.2) is 29.7 Å². The van der Waals surface area contributed by atoms with E-state index in [9.17, 15) is 4.79 Å². The van der Waals surface area contributed by atoms with E-state index < -0.39 is 12.0 Å². The molecule has 1 atom stereocenters. The quantitative estimate of drug-likeness (QED) is 0.623. The Morgan fingerprint density at radius 1 is 1.50 bits per heavy atom. The topological polar surface area (TPSA) is 70.9 Å². The lowest BCUT2D eigenvalue weighted by atomic mass is 10.1. The van der Waals surface area contributed by atoms with Crippen molar-refractivity contribution in [2.45, 2.75) is 25.9 Å². The first-order chi connectivity index (χ1) is 8.74. The van der Waals surface area contributed by atoms with Crippen LogP contribution in [0.5, 0.6) is 0 Å². The number of amides is 1. The highest BCUT2D eigenvalue weighted by molar-refractivity contribution is 5.98. The normalized spacial score (nSPS) is 18.1. The molecule has 0 saturated carbocycles. The third kappa shape index (κ3) is 2.68. The van der Waals surface area contributed by atoms with E-state index >= 15 is 0 Å². The molecule has 1 aromatic rings. The van der Waals surface area contributed by atoms with Gasteiger partial charge in [-0.3, -0.25) is 10.0 Å². The molecule has 2 N–H and O–H groups in total. The maximum absolute atomic E-state index is 11.2. The van der Waals surface area contributed by atoms with E-state index in [0.717, 1.165) is 18.4 Å². The molecule has 1 aromatic carbocycles. The number of carbonyl (C=O) groups excluding carboxylic acids is 1. The van der Waals surface area contributed by atoms with Crippen molar-refractivity contribution in [1.82, 2.24) is 5.48 Å². The summed E-state index contributed by atoms with van der Waals surface area (Å²) < 4.78 is 5.38. The average molecular weight is 248 g/mol. The number of aliphatic imine (C=N–C) groups is 1. The molecule has 2 rings (SSSR count). The molecule has 0 aliphatic carbocycles. The van der Waals surface area contributed by atoms with E-state index in [1.165, 1.54) is 5.56 Å². The van der Waals surface area contributed by atoms with Gasteiger partial charge in [-0.05, 0) is 24.1 Å². The lowest BCUT2D eigenvalue weighted by Gasteiger charge is -2.09. The number of hydroxylamine groups is 1. The summed E-state index contributed by atoms with van der Waals surface area (Å²) in [5.41, 5.74) is 3.69. The summed E-state index contributed by atoms with van der Waals surface area (Å²) in [7, 11) is 0. The maximum atomic E-state index is 11.2. The van der Waals surface area contributed by atoms with E-state index in [0.29, 0.717) is 5.90 Å². The molecule has 1 aliphatic heterocycles. The van der Waals surface area contributed by atoms with Gasteiger partial charge in [-0.15, -0.1) is 0 Å². The number of aryl methyl sites for hydroxylation is 1. The smallest absolute Gasteiger partial charge is 0.286 e. The van der Waals surface area contributed by atoms with E-state index in [1.807, 2.05) is 24.3 Å². The van der Waals surface area contributed by atoms with Crippen LogP contribution >= 0.6 is 0 Å². The van der Waals surface area contributed by atoms with Crippen LogP contribution in [0.15, 0.2) is 29.3 Å². The molecule has 1 heterocycles. The Morgan fingerprint density at radius 3 is 2.83 bits per heavy atom. The van der Waals surface area contributed by atoms with Gasteiger partial charge in [0.15, 0.2) is 6.10 Å². The minimum absolute atomic E-state index is 0.235. The van der Waals surface area contributed by atoms with Gasteiger partial charge in [0, 0.05) is 5.56 Å². The number of benzene rings is 1. The van der Waals surface area contributed by atoms with Crippen LogP contribution in [0.25, 0.3) is 0 Å². The predicted molar refractivity (Wildman–Crippen MR) is 66.6 cm³/mol. The van der Waals surface area contributed by atoms with Crippen molar-refractivity contribution in [1.29, 1.82) is 0 Å². The van der Waals surface area contributed by atoms with Crippen molar-refractivity contribution in [2.75, 3.05) is 6.54 Å². The van der Waals surface area contributed by atoms with Crippen molar-refractivity contribution < 1.29 is 14.7 Å². The molecule has 1 unspecified atom stereocenters. The Bertz CT molecular complexity index is 454. The second-order valence-corrected chi connectivity index (χ2v) is 4.18. The minimum Gasteiger partial charge on any atom is -0.462 e. The molecule has 0 saturated heterocycles. The van der Waals surface area contributed by atoms with Crippen molar-refractivity contribution in [2.24, 2.45) is 4.99 Å². The third-order valence-corrected chi connectivity index (χ3v) is 2.80. The number of hydrogen-bond acceptors (Lipinski definition) is 4. The summed E-state index contributed by atoms with van der Waals surface area (Å²) in [5, 5.41) is 8.52. The standard InChI is InChI=1S/C13H16N2O3/c1-2-3-9-4-6-10(7-5-9)13-14-8-11(18-13)12(16)15-17/h4-7,11,17H,2-3,8H2,1H3,(H,15,16). The van der Waals surface area contributed by atoms with E-state index in [4.69, 9.17) is 9.94 Å². The van der Waals surface area contributed by atoms with Gasteiger partial charge in [0.25, 0.3) is 5.91 Å². The second-order valence-electron chi connectivity index (χ2n) is 4.18. The largest absolute Gasteiger partial charge is 0.462 e. The second kappa shape index (κ2) is 5.64. The summed E-state index contributed by atoms with van der Waals surface area (Å²) in [4.78, 5) is 15.3. The van der Waals surface area contributed by atoms with Crippen molar-refractivity contribution >= 4 is 11.8 Å². The Balaban J connectivity index is 2.03. The van der Waals surface area contributed by atoms with Crippen LogP contribution in [-0.2, 0) is 16.0 Å². The first kappa shape index (κ1) is 12.6. The third-order valence-electron chi connectivity index (χ3n) is 2.80. The molecule has 5 nitrogen and oxygen atoms in total. The van der Waals surface area contributed by atoms with Crippen LogP contribution in [0, 0.1) is 0 Å². The summed E-state index contributed by atoms with van der Waals surface area (Å²) >= 11 is 0. The summed E-state index contributed by atoms with van der Waals surface area (Å²) in [6.45, 7) is 2.37. The minimum atomic E-state index is -0.736. The van der Waals surface area contributed by atoms with E-state index in [1.54, 1.807) is 5.48 Å². The first-order valence-corrected chi connectivity index (χ1v) is 5.99. The summed E-state index contributed by atoms with van der Waals surface area (Å²) in [5.74, 6) is -0.122. The molecule has 0 spiro atoms. The zero-order chi connectivity index (χ0) is 13.0. The average Bonchev–Trinajstić information content (AvgIpc) is 2.89. The molecule has 1 aliphatic rings. The van der Waals surface area contributed by atoms with Crippen LogP contribution < -0.4 is 5.48 Å². The Hall–Kier alpha value is -1.88. The highest BCUT2D eigenvalue weighted by Crippen LogP contribution is 2.14.